The lowest BCUT2D eigenvalue weighted by atomic mass is 10.1. The first kappa shape index (κ1) is 16.4. The van der Waals surface area contributed by atoms with Gasteiger partial charge in [0.05, 0.1) is 25.5 Å². The third-order valence-corrected chi connectivity index (χ3v) is 4.71. The number of fused-ring (bicyclic) bond motifs is 1. The van der Waals surface area contributed by atoms with E-state index in [4.69, 9.17) is 9.26 Å². The van der Waals surface area contributed by atoms with Crippen molar-refractivity contribution >= 4 is 5.82 Å². The molecule has 0 spiro atoms. The molecule has 0 amide bonds. The van der Waals surface area contributed by atoms with E-state index >= 15 is 0 Å². The van der Waals surface area contributed by atoms with Crippen molar-refractivity contribution in [3.8, 4) is 0 Å². The summed E-state index contributed by atoms with van der Waals surface area (Å²) in [7, 11) is 0. The van der Waals surface area contributed by atoms with Gasteiger partial charge < -0.3 is 14.2 Å². The highest BCUT2D eigenvalue weighted by molar-refractivity contribution is 5.49. The minimum absolute atomic E-state index is 0.699. The first-order valence-electron chi connectivity index (χ1n) is 9.02. The van der Waals surface area contributed by atoms with Crippen LogP contribution in [-0.4, -0.2) is 57.9 Å². The van der Waals surface area contributed by atoms with Gasteiger partial charge in [0.25, 0.3) is 0 Å². The minimum Gasteiger partial charge on any atom is -0.378 e. The van der Waals surface area contributed by atoms with Crippen LogP contribution in [0.5, 0.6) is 0 Å². The molecule has 0 radical (unpaired) electrons. The zero-order valence-corrected chi connectivity index (χ0v) is 14.6. The van der Waals surface area contributed by atoms with Gasteiger partial charge in [-0.3, -0.25) is 4.90 Å². The van der Waals surface area contributed by atoms with E-state index in [0.717, 1.165) is 81.9 Å². The molecule has 0 aromatic carbocycles. The Kier molecular flexibility index (Phi) is 4.89. The van der Waals surface area contributed by atoms with Gasteiger partial charge in [-0.05, 0) is 6.42 Å². The number of anilines is 1. The van der Waals surface area contributed by atoms with E-state index in [1.807, 2.05) is 0 Å². The molecule has 1 fully saturated rings. The molecular weight excluding hydrogens is 320 g/mol. The van der Waals surface area contributed by atoms with E-state index in [1.54, 1.807) is 6.33 Å². The molecule has 2 aromatic heterocycles. The maximum Gasteiger partial charge on any atom is 0.226 e. The van der Waals surface area contributed by atoms with E-state index < -0.39 is 0 Å². The summed E-state index contributed by atoms with van der Waals surface area (Å²) in [6, 6.07) is 0. The number of aromatic nitrogens is 4. The lowest BCUT2D eigenvalue weighted by molar-refractivity contribution is 0.122. The Labute approximate surface area is 147 Å². The average molecular weight is 344 g/mol. The van der Waals surface area contributed by atoms with Crippen LogP contribution in [0.1, 0.15) is 36.3 Å². The summed E-state index contributed by atoms with van der Waals surface area (Å²) >= 11 is 0. The third kappa shape index (κ3) is 3.64. The van der Waals surface area contributed by atoms with Crippen LogP contribution in [-0.2, 0) is 30.7 Å². The van der Waals surface area contributed by atoms with E-state index in [1.165, 1.54) is 5.56 Å². The SMILES string of the molecule is CCCc1nc(CN2CCc3ncnc(N4CCOCC4)c3C2)no1. The van der Waals surface area contributed by atoms with Crippen molar-refractivity contribution in [3.63, 3.8) is 0 Å². The van der Waals surface area contributed by atoms with Gasteiger partial charge in [-0.25, -0.2) is 9.97 Å². The summed E-state index contributed by atoms with van der Waals surface area (Å²) in [5, 5.41) is 4.11. The second kappa shape index (κ2) is 7.45. The normalized spacial score (nSPS) is 18.4. The number of hydrogen-bond donors (Lipinski definition) is 0. The molecule has 2 aromatic rings. The van der Waals surface area contributed by atoms with Crippen molar-refractivity contribution in [1.29, 1.82) is 0 Å². The van der Waals surface area contributed by atoms with Crippen LogP contribution in [0.3, 0.4) is 0 Å². The quantitative estimate of drug-likeness (QED) is 0.801. The first-order chi connectivity index (χ1) is 12.3. The molecule has 0 aliphatic carbocycles. The number of rotatable bonds is 5. The van der Waals surface area contributed by atoms with Crippen molar-refractivity contribution in [2.45, 2.75) is 39.3 Å². The van der Waals surface area contributed by atoms with Gasteiger partial charge in [0, 0.05) is 44.6 Å². The van der Waals surface area contributed by atoms with Crippen LogP contribution < -0.4 is 4.90 Å². The zero-order valence-electron chi connectivity index (χ0n) is 14.6. The Morgan fingerprint density at radius 1 is 1.16 bits per heavy atom. The van der Waals surface area contributed by atoms with Gasteiger partial charge in [0.1, 0.15) is 12.1 Å². The van der Waals surface area contributed by atoms with E-state index in [0.29, 0.717) is 6.54 Å². The Morgan fingerprint density at radius 2 is 2.04 bits per heavy atom. The first-order valence-corrected chi connectivity index (χ1v) is 9.02. The van der Waals surface area contributed by atoms with Gasteiger partial charge in [-0.2, -0.15) is 4.98 Å². The smallest absolute Gasteiger partial charge is 0.226 e. The van der Waals surface area contributed by atoms with E-state index in [9.17, 15) is 0 Å². The monoisotopic (exact) mass is 344 g/mol. The highest BCUT2D eigenvalue weighted by atomic mass is 16.5. The molecule has 0 atom stereocenters. The Balaban J connectivity index is 1.49. The number of morpholine rings is 1. The lowest BCUT2D eigenvalue weighted by Crippen LogP contribution is -2.39. The predicted octanol–water partition coefficient (Wildman–Crippen LogP) is 1.21. The minimum atomic E-state index is 0.699. The summed E-state index contributed by atoms with van der Waals surface area (Å²) < 4.78 is 10.8. The summed E-state index contributed by atoms with van der Waals surface area (Å²) in [5.41, 5.74) is 2.39. The van der Waals surface area contributed by atoms with Crippen LogP contribution >= 0.6 is 0 Å². The molecule has 2 aliphatic heterocycles. The third-order valence-electron chi connectivity index (χ3n) is 4.71. The van der Waals surface area contributed by atoms with Crippen LogP contribution in [0.2, 0.25) is 0 Å². The highest BCUT2D eigenvalue weighted by Gasteiger charge is 2.25. The summed E-state index contributed by atoms with van der Waals surface area (Å²) in [4.78, 5) is 18.2. The fourth-order valence-corrected chi connectivity index (χ4v) is 3.43. The number of hydrogen-bond acceptors (Lipinski definition) is 8. The van der Waals surface area contributed by atoms with E-state index in [2.05, 4.69) is 36.8 Å². The van der Waals surface area contributed by atoms with Gasteiger partial charge in [-0.15, -0.1) is 0 Å². The maximum atomic E-state index is 5.47. The molecule has 4 rings (SSSR count). The maximum absolute atomic E-state index is 5.47. The highest BCUT2D eigenvalue weighted by Crippen LogP contribution is 2.26. The second-order valence-corrected chi connectivity index (χ2v) is 6.54. The van der Waals surface area contributed by atoms with Gasteiger partial charge >= 0.3 is 0 Å². The molecule has 0 N–H and O–H groups in total. The fraction of sp³-hybridized carbons (Fsp3) is 0.647. The molecule has 0 saturated carbocycles. The topological polar surface area (TPSA) is 80.4 Å². The van der Waals surface area contributed by atoms with Crippen molar-refractivity contribution in [3.05, 3.63) is 29.3 Å². The fourth-order valence-electron chi connectivity index (χ4n) is 3.43. The number of nitrogens with zero attached hydrogens (tertiary/aromatic N) is 6. The average Bonchev–Trinajstić information content (AvgIpc) is 3.09. The molecule has 8 heteroatoms. The molecular formula is C17H24N6O2. The Bertz CT molecular complexity index is 713. The van der Waals surface area contributed by atoms with Gasteiger partial charge in [0.2, 0.25) is 5.89 Å². The van der Waals surface area contributed by atoms with Crippen molar-refractivity contribution in [2.24, 2.45) is 0 Å². The molecule has 4 heterocycles. The number of ether oxygens (including phenoxy) is 1. The molecule has 134 valence electrons. The lowest BCUT2D eigenvalue weighted by Gasteiger charge is -2.33. The summed E-state index contributed by atoms with van der Waals surface area (Å²) in [6.07, 6.45) is 4.47. The number of aryl methyl sites for hydroxylation is 1. The largest absolute Gasteiger partial charge is 0.378 e. The zero-order chi connectivity index (χ0) is 17.1. The van der Waals surface area contributed by atoms with Gasteiger partial charge in [-0.1, -0.05) is 12.1 Å². The summed E-state index contributed by atoms with van der Waals surface area (Å²) in [5.74, 6) is 2.54. The van der Waals surface area contributed by atoms with Crippen molar-refractivity contribution in [1.82, 2.24) is 25.0 Å². The molecule has 0 bridgehead atoms. The summed E-state index contributed by atoms with van der Waals surface area (Å²) in [6.45, 7) is 7.86. The Morgan fingerprint density at radius 3 is 2.88 bits per heavy atom. The molecule has 1 saturated heterocycles. The Hall–Kier alpha value is -2.06. The molecule has 2 aliphatic rings. The van der Waals surface area contributed by atoms with Crippen LogP contribution in [0, 0.1) is 0 Å². The molecule has 8 nitrogen and oxygen atoms in total. The van der Waals surface area contributed by atoms with Crippen molar-refractivity contribution in [2.75, 3.05) is 37.7 Å². The molecule has 25 heavy (non-hydrogen) atoms. The standard InChI is InChI=1S/C17H24N6O2/c1-2-3-16-20-15(21-25-16)11-22-5-4-14-13(10-22)17(19-12-18-14)23-6-8-24-9-7-23/h12H,2-11H2,1H3. The van der Waals surface area contributed by atoms with Crippen LogP contribution in [0.25, 0.3) is 0 Å². The molecule has 0 unspecified atom stereocenters. The van der Waals surface area contributed by atoms with Gasteiger partial charge in [0.15, 0.2) is 5.82 Å². The van der Waals surface area contributed by atoms with Crippen molar-refractivity contribution < 1.29 is 9.26 Å². The predicted molar refractivity (Wildman–Crippen MR) is 91.2 cm³/mol. The van der Waals surface area contributed by atoms with E-state index in [-0.39, 0.29) is 0 Å². The van der Waals surface area contributed by atoms with Crippen LogP contribution in [0.4, 0.5) is 5.82 Å². The second-order valence-electron chi connectivity index (χ2n) is 6.54. The van der Waals surface area contributed by atoms with Crippen LogP contribution in [0.15, 0.2) is 10.9 Å².